The van der Waals surface area contributed by atoms with Crippen LogP contribution >= 0.6 is 0 Å². The van der Waals surface area contributed by atoms with Crippen LogP contribution in [0.2, 0.25) is 0 Å². The molecule has 0 spiro atoms. The number of hydrogen-bond donors (Lipinski definition) is 2. The lowest BCUT2D eigenvalue weighted by Crippen LogP contribution is -2.42. The van der Waals surface area contributed by atoms with Gasteiger partial charge in [-0.1, -0.05) is 0 Å². The Morgan fingerprint density at radius 3 is 2.44 bits per heavy atom. The normalized spacial score (nSPS) is 22.0. The van der Waals surface area contributed by atoms with Crippen molar-refractivity contribution < 1.29 is 23.4 Å². The summed E-state index contributed by atoms with van der Waals surface area (Å²) in [6.07, 6.45) is 1.88. The number of sulfone groups is 1. The summed E-state index contributed by atoms with van der Waals surface area (Å²) in [5.41, 5.74) is 0. The van der Waals surface area contributed by atoms with Gasteiger partial charge in [0.05, 0.1) is 18.1 Å². The van der Waals surface area contributed by atoms with E-state index in [1.54, 1.807) is 0 Å². The number of aliphatic hydroxyl groups is 2. The Morgan fingerprint density at radius 2 is 1.94 bits per heavy atom. The van der Waals surface area contributed by atoms with Gasteiger partial charge in [0.15, 0.2) is 9.84 Å². The van der Waals surface area contributed by atoms with E-state index in [1.807, 2.05) is 0 Å². The van der Waals surface area contributed by atoms with Crippen LogP contribution in [-0.4, -0.2) is 66.7 Å². The van der Waals surface area contributed by atoms with E-state index in [1.165, 1.54) is 4.90 Å². The molecule has 1 aliphatic rings. The van der Waals surface area contributed by atoms with E-state index in [2.05, 4.69) is 0 Å². The van der Waals surface area contributed by atoms with Crippen molar-refractivity contribution in [2.75, 3.05) is 31.3 Å². The monoisotopic (exact) mass is 279 g/mol. The lowest BCUT2D eigenvalue weighted by molar-refractivity contribution is -0.133. The summed E-state index contributed by atoms with van der Waals surface area (Å²) in [5.74, 6) is -0.0259. The Bertz CT molecular complexity index is 368. The molecule has 0 aromatic heterocycles. The molecule has 1 aliphatic heterocycles. The Morgan fingerprint density at radius 1 is 1.22 bits per heavy atom. The smallest absolute Gasteiger partial charge is 0.222 e. The van der Waals surface area contributed by atoms with Gasteiger partial charge in [-0.25, -0.2) is 8.42 Å². The number of rotatable bonds is 7. The van der Waals surface area contributed by atoms with Gasteiger partial charge in [0.25, 0.3) is 0 Å². The molecule has 0 aliphatic carbocycles. The van der Waals surface area contributed by atoms with Crippen LogP contribution in [0.3, 0.4) is 0 Å². The molecule has 1 unspecified atom stereocenters. The first-order valence-corrected chi connectivity index (χ1v) is 8.04. The van der Waals surface area contributed by atoms with Crippen molar-refractivity contribution in [3.63, 3.8) is 0 Å². The molecule has 18 heavy (non-hydrogen) atoms. The molecule has 1 amide bonds. The quantitative estimate of drug-likeness (QED) is 0.592. The molecule has 1 atom stereocenters. The van der Waals surface area contributed by atoms with Gasteiger partial charge in [-0.05, 0) is 19.3 Å². The summed E-state index contributed by atoms with van der Waals surface area (Å²) in [5, 5.41) is 17.6. The number of amides is 1. The van der Waals surface area contributed by atoms with E-state index < -0.39 is 9.84 Å². The zero-order chi connectivity index (χ0) is 13.6. The molecule has 0 aromatic rings. The highest BCUT2D eigenvalue weighted by Gasteiger charge is 2.33. The van der Waals surface area contributed by atoms with Crippen molar-refractivity contribution in [2.45, 2.75) is 31.7 Å². The predicted octanol–water partition coefficient (Wildman–Crippen LogP) is -0.843. The number of carbonyl (C=O) groups is 1. The molecule has 106 valence electrons. The minimum Gasteiger partial charge on any atom is -0.396 e. The zero-order valence-electron chi connectivity index (χ0n) is 10.4. The van der Waals surface area contributed by atoms with Crippen molar-refractivity contribution in [1.82, 2.24) is 4.90 Å². The molecule has 0 radical (unpaired) electrons. The Hall–Kier alpha value is -0.660. The topological polar surface area (TPSA) is 94.9 Å². The first-order chi connectivity index (χ1) is 8.50. The van der Waals surface area contributed by atoms with E-state index in [0.29, 0.717) is 19.3 Å². The van der Waals surface area contributed by atoms with Gasteiger partial charge < -0.3 is 15.1 Å². The van der Waals surface area contributed by atoms with Crippen LogP contribution < -0.4 is 0 Å². The van der Waals surface area contributed by atoms with Gasteiger partial charge in [-0.15, -0.1) is 0 Å². The number of nitrogens with zero attached hydrogens (tertiary/aromatic N) is 1. The lowest BCUT2D eigenvalue weighted by Gasteiger charge is -2.27. The van der Waals surface area contributed by atoms with Crippen molar-refractivity contribution in [2.24, 2.45) is 0 Å². The van der Waals surface area contributed by atoms with Crippen LogP contribution in [-0.2, 0) is 14.6 Å². The molecule has 1 fully saturated rings. The second kappa shape index (κ2) is 7.06. The van der Waals surface area contributed by atoms with Gasteiger partial charge in [-0.3, -0.25) is 4.79 Å². The van der Waals surface area contributed by atoms with Crippen LogP contribution in [0.1, 0.15) is 25.7 Å². The summed E-state index contributed by atoms with van der Waals surface area (Å²) < 4.78 is 22.8. The molecule has 1 heterocycles. The van der Waals surface area contributed by atoms with Crippen molar-refractivity contribution in [3.8, 4) is 0 Å². The summed E-state index contributed by atoms with van der Waals surface area (Å²) in [6, 6.07) is -0.302. The third-order valence-corrected chi connectivity index (χ3v) is 4.86. The van der Waals surface area contributed by atoms with Crippen LogP contribution in [0, 0.1) is 0 Å². The molecular weight excluding hydrogens is 258 g/mol. The molecule has 0 aromatic carbocycles. The fraction of sp³-hybridized carbons (Fsp3) is 0.909. The molecule has 1 saturated heterocycles. The molecule has 7 heteroatoms. The summed E-state index contributed by atoms with van der Waals surface area (Å²) >= 11 is 0. The largest absolute Gasteiger partial charge is 0.396 e. The van der Waals surface area contributed by atoms with Gasteiger partial charge in [0.2, 0.25) is 5.91 Å². The number of unbranched alkanes of at least 4 members (excludes halogenated alkanes) is 1. The highest BCUT2D eigenvalue weighted by molar-refractivity contribution is 7.91. The maximum absolute atomic E-state index is 11.9. The van der Waals surface area contributed by atoms with Crippen molar-refractivity contribution >= 4 is 15.7 Å². The fourth-order valence-electron chi connectivity index (χ4n) is 2.17. The molecule has 0 bridgehead atoms. The Kier molecular flexibility index (Phi) is 6.04. The molecule has 2 N–H and O–H groups in total. The maximum atomic E-state index is 11.9. The highest BCUT2D eigenvalue weighted by Crippen LogP contribution is 2.18. The standard InChI is InChI=1S/C11H21NO5S/c13-6-2-1-3-11(15)12(5-7-14)10-4-8-18(16,17)9-10/h10,13-14H,1-9H2. The van der Waals surface area contributed by atoms with Crippen molar-refractivity contribution in [3.05, 3.63) is 0 Å². The average molecular weight is 279 g/mol. The van der Waals surface area contributed by atoms with E-state index in [4.69, 9.17) is 10.2 Å². The van der Waals surface area contributed by atoms with Crippen LogP contribution in [0.4, 0.5) is 0 Å². The zero-order valence-corrected chi connectivity index (χ0v) is 11.2. The minimum absolute atomic E-state index is 0.00125. The maximum Gasteiger partial charge on any atom is 0.222 e. The lowest BCUT2D eigenvalue weighted by atomic mass is 10.1. The first kappa shape index (κ1) is 15.4. The summed E-state index contributed by atoms with van der Waals surface area (Å²) in [6.45, 7) is 0.0610. The number of carbonyl (C=O) groups excluding carboxylic acids is 1. The third kappa shape index (κ3) is 4.55. The second-order valence-electron chi connectivity index (χ2n) is 4.55. The minimum atomic E-state index is -3.03. The molecule has 6 nitrogen and oxygen atoms in total. The number of hydrogen-bond acceptors (Lipinski definition) is 5. The Labute approximate surface area is 108 Å². The molecule has 0 saturated carbocycles. The van der Waals surface area contributed by atoms with E-state index in [-0.39, 0.29) is 49.6 Å². The summed E-state index contributed by atoms with van der Waals surface area (Å²) in [4.78, 5) is 13.4. The van der Waals surface area contributed by atoms with Crippen LogP contribution in [0.5, 0.6) is 0 Å². The highest BCUT2D eigenvalue weighted by atomic mass is 32.2. The summed E-state index contributed by atoms with van der Waals surface area (Å²) in [7, 11) is -3.03. The number of aliphatic hydroxyl groups excluding tert-OH is 2. The van der Waals surface area contributed by atoms with Crippen molar-refractivity contribution in [1.29, 1.82) is 0 Å². The fourth-order valence-corrected chi connectivity index (χ4v) is 3.90. The third-order valence-electron chi connectivity index (χ3n) is 3.11. The van der Waals surface area contributed by atoms with Crippen LogP contribution in [0.15, 0.2) is 0 Å². The Balaban J connectivity index is 2.56. The van der Waals surface area contributed by atoms with Gasteiger partial charge in [0, 0.05) is 25.6 Å². The van der Waals surface area contributed by atoms with E-state index >= 15 is 0 Å². The average Bonchev–Trinajstić information content (AvgIpc) is 2.66. The first-order valence-electron chi connectivity index (χ1n) is 6.22. The SMILES string of the molecule is O=C(CCCCO)N(CCO)C1CCS(=O)(=O)C1. The van der Waals surface area contributed by atoms with Gasteiger partial charge in [-0.2, -0.15) is 0 Å². The van der Waals surface area contributed by atoms with Gasteiger partial charge >= 0.3 is 0 Å². The van der Waals surface area contributed by atoms with Crippen LogP contribution in [0.25, 0.3) is 0 Å². The van der Waals surface area contributed by atoms with E-state index in [9.17, 15) is 13.2 Å². The predicted molar refractivity (Wildman–Crippen MR) is 66.8 cm³/mol. The molecule has 1 rings (SSSR count). The van der Waals surface area contributed by atoms with Gasteiger partial charge in [0.1, 0.15) is 0 Å². The van der Waals surface area contributed by atoms with E-state index in [0.717, 1.165) is 0 Å². The molecular formula is C11H21NO5S. The second-order valence-corrected chi connectivity index (χ2v) is 6.78.